The number of carboxylic acids is 3. The third-order valence-electron chi connectivity index (χ3n) is 2.23. The number of rotatable bonds is 12. The fourth-order valence-electron chi connectivity index (χ4n) is 1.40. The summed E-state index contributed by atoms with van der Waals surface area (Å²) in [5, 5.41) is 31.1. The average molecular weight is 495 g/mol. The molecular weight excluding hydrogens is 489 g/mol. The van der Waals surface area contributed by atoms with Gasteiger partial charge in [0, 0.05) is 0 Å². The molecule has 1 aliphatic rings. The molecule has 24 heteroatoms. The summed E-state index contributed by atoms with van der Waals surface area (Å²) in [6, 6.07) is 0. The summed E-state index contributed by atoms with van der Waals surface area (Å²) in [5.74, 6) is -11.8. The van der Waals surface area contributed by atoms with E-state index in [1.807, 2.05) is 0 Å². The zero-order chi connectivity index (χ0) is 23.3. The summed E-state index contributed by atoms with van der Waals surface area (Å²) in [4.78, 5) is 31.1. The monoisotopic (exact) mass is 495 g/mol. The fourth-order valence-corrected chi connectivity index (χ4v) is 3.46. The molecule has 0 spiro atoms. The van der Waals surface area contributed by atoms with Crippen molar-refractivity contribution >= 4 is 70.2 Å². The lowest BCUT2D eigenvalue weighted by Gasteiger charge is -2.27. The summed E-state index contributed by atoms with van der Waals surface area (Å²) in [5.41, 5.74) is 0. The van der Waals surface area contributed by atoms with Gasteiger partial charge >= 0.3 is 22.0 Å². The van der Waals surface area contributed by atoms with Crippen LogP contribution in [0.1, 0.15) is 0 Å². The van der Waals surface area contributed by atoms with Gasteiger partial charge in [-0.25, -0.2) is 25.3 Å². The highest BCUT2D eigenvalue weighted by atomic mass is 32.2. The third-order valence-corrected chi connectivity index (χ3v) is 5.34. The first kappa shape index (κ1) is 26.3. The minimum absolute atomic E-state index is 1.76. The zero-order valence-corrected chi connectivity index (χ0v) is 16.4. The molecule has 0 saturated carbocycles. The van der Waals surface area contributed by atoms with E-state index in [0.717, 1.165) is 0 Å². The maximum absolute atomic E-state index is 11.5. The molecule has 0 amide bonds. The minimum Gasteiger partial charge on any atom is -0.549 e. The van der Waals surface area contributed by atoms with Crippen LogP contribution in [0.2, 0.25) is 0 Å². The number of carbonyl (C=O) groups is 3. The third kappa shape index (κ3) is 10.3. The molecule has 0 aliphatic carbocycles. The Morgan fingerprint density at radius 2 is 0.767 bits per heavy atom. The van der Waals surface area contributed by atoms with Gasteiger partial charge in [0.05, 0.1) is 17.9 Å². The van der Waals surface area contributed by atoms with Crippen molar-refractivity contribution in [1.82, 2.24) is 0 Å². The second kappa shape index (κ2) is 10.0. The van der Waals surface area contributed by atoms with Crippen molar-refractivity contribution in [3.63, 3.8) is 0 Å². The quantitative estimate of drug-likeness (QED) is 0.227. The van der Waals surface area contributed by atoms with Crippen LogP contribution in [0.3, 0.4) is 0 Å². The molecule has 0 radical (unpaired) electrons. The molecule has 0 atom stereocenters. The highest BCUT2D eigenvalue weighted by Gasteiger charge is 2.51. The van der Waals surface area contributed by atoms with Crippen molar-refractivity contribution in [2.75, 3.05) is 17.3 Å². The van der Waals surface area contributed by atoms with Crippen molar-refractivity contribution in [2.24, 2.45) is 0 Å². The standard InChI is InChI=1S/C6H9B3O18S3/c10-4(11)1-28(16,17)25-7-22-8(26-29(18,19)2-5(12)13)24-9(23-7)27-30(20,21)3-6(14)15/h1-3H2,(H,10,11)(H,12,13)(H,14,15)/p-3. The molecule has 1 rings (SSSR count). The van der Waals surface area contributed by atoms with E-state index in [-0.39, 0.29) is 0 Å². The summed E-state index contributed by atoms with van der Waals surface area (Å²) in [6.45, 7) is 0. The first-order valence-corrected chi connectivity index (χ1v) is 11.5. The number of aliphatic carboxylic acids is 3. The van der Waals surface area contributed by atoms with Crippen molar-refractivity contribution in [1.29, 1.82) is 0 Å². The van der Waals surface area contributed by atoms with Gasteiger partial charge in [0.2, 0.25) is 0 Å². The van der Waals surface area contributed by atoms with E-state index in [2.05, 4.69) is 26.0 Å². The molecule has 1 heterocycles. The van der Waals surface area contributed by atoms with Gasteiger partial charge in [0.1, 0.15) is 17.3 Å². The molecule has 0 bridgehead atoms. The van der Waals surface area contributed by atoms with Crippen molar-refractivity contribution in [2.45, 2.75) is 0 Å². The van der Waals surface area contributed by atoms with Gasteiger partial charge in [-0.15, -0.1) is 0 Å². The smallest absolute Gasteiger partial charge is 0.549 e. The van der Waals surface area contributed by atoms with Crippen LogP contribution in [-0.4, -0.2) is 82.4 Å². The summed E-state index contributed by atoms with van der Waals surface area (Å²) in [6.07, 6.45) is 0. The van der Waals surface area contributed by atoms with E-state index >= 15 is 0 Å². The molecule has 30 heavy (non-hydrogen) atoms. The van der Waals surface area contributed by atoms with Crippen LogP contribution in [0.15, 0.2) is 0 Å². The Kier molecular flexibility index (Phi) is 8.76. The lowest BCUT2D eigenvalue weighted by molar-refractivity contribution is -0.303. The van der Waals surface area contributed by atoms with E-state index in [0.29, 0.717) is 0 Å². The Bertz CT molecular complexity index is 850. The lowest BCUT2D eigenvalue weighted by Crippen LogP contribution is -2.55. The average Bonchev–Trinajstić information content (AvgIpc) is 2.39. The van der Waals surface area contributed by atoms with Crippen LogP contribution in [0.4, 0.5) is 0 Å². The van der Waals surface area contributed by atoms with E-state index < -0.39 is 87.5 Å². The van der Waals surface area contributed by atoms with Gasteiger partial charge in [0.15, 0.2) is 0 Å². The molecule has 0 aromatic heterocycles. The Hall–Kier alpha value is -1.79. The lowest BCUT2D eigenvalue weighted by atomic mass is 9.98. The molecule has 0 unspecified atom stereocenters. The van der Waals surface area contributed by atoms with Gasteiger partial charge in [-0.3, -0.25) is 12.3 Å². The highest BCUT2D eigenvalue weighted by Crippen LogP contribution is 2.16. The largest absolute Gasteiger partial charge is 0.630 e. The molecule has 1 fully saturated rings. The molecule has 0 aromatic rings. The molecule has 1 aliphatic heterocycles. The number of carbonyl (C=O) groups excluding carboxylic acids is 3. The van der Waals surface area contributed by atoms with Gasteiger partial charge in [0.25, 0.3) is 30.4 Å². The van der Waals surface area contributed by atoms with E-state index in [1.165, 1.54) is 0 Å². The SMILES string of the molecule is O=C([O-])CS(=O)(=O)OB1OB(OS(=O)(=O)CC(=O)[O-])OB(OS(=O)(=O)CC(=O)[O-])O1. The predicted octanol–water partition coefficient (Wildman–Crippen LogP) is -8.71. The van der Waals surface area contributed by atoms with Crippen LogP contribution in [-0.2, 0) is 70.8 Å². The normalized spacial score (nSPS) is 15.8. The van der Waals surface area contributed by atoms with Crippen LogP contribution in [0.25, 0.3) is 0 Å². The van der Waals surface area contributed by atoms with Gasteiger partial charge in [-0.05, 0) is 0 Å². The van der Waals surface area contributed by atoms with Crippen LogP contribution < -0.4 is 15.3 Å². The Morgan fingerprint density at radius 3 is 0.933 bits per heavy atom. The van der Waals surface area contributed by atoms with E-state index in [9.17, 15) is 55.0 Å². The summed E-state index contributed by atoms with van der Waals surface area (Å²) < 4.78 is 94.0. The molecule has 0 N–H and O–H groups in total. The first-order valence-electron chi connectivity index (χ1n) is 6.77. The summed E-state index contributed by atoms with van der Waals surface area (Å²) >= 11 is 0. The van der Waals surface area contributed by atoms with Crippen molar-refractivity contribution < 1.29 is 81.0 Å². The number of hydrogen-bond donors (Lipinski definition) is 0. The molecule has 18 nitrogen and oxygen atoms in total. The Labute approximate surface area is 168 Å². The maximum atomic E-state index is 11.5. The molecular formula is C6H6B3O18S3-3. The van der Waals surface area contributed by atoms with E-state index in [1.54, 1.807) is 0 Å². The van der Waals surface area contributed by atoms with E-state index in [4.69, 9.17) is 0 Å². The Morgan fingerprint density at radius 1 is 0.567 bits per heavy atom. The number of hydrogen-bond acceptors (Lipinski definition) is 18. The second-order valence-electron chi connectivity index (χ2n) is 4.79. The molecule has 168 valence electrons. The maximum Gasteiger partial charge on any atom is 0.630 e. The molecule has 1 saturated heterocycles. The fraction of sp³-hybridized carbons (Fsp3) is 0.500. The zero-order valence-electron chi connectivity index (χ0n) is 13.9. The van der Waals surface area contributed by atoms with Crippen LogP contribution in [0, 0.1) is 0 Å². The summed E-state index contributed by atoms with van der Waals surface area (Å²) in [7, 11) is -23.1. The number of carboxylic acid groups (broad SMARTS) is 3. The van der Waals surface area contributed by atoms with Crippen LogP contribution in [0.5, 0.6) is 0 Å². The molecule has 0 aromatic carbocycles. The Balaban J connectivity index is 3.05. The topological polar surface area (TPSA) is 278 Å². The van der Waals surface area contributed by atoms with Crippen molar-refractivity contribution in [3.8, 4) is 0 Å². The first-order chi connectivity index (χ1) is 13.5. The minimum atomic E-state index is -5.04. The van der Waals surface area contributed by atoms with Gasteiger partial charge in [-0.2, -0.15) is 0 Å². The second-order valence-corrected chi connectivity index (χ2v) is 9.57. The van der Waals surface area contributed by atoms with Gasteiger partial charge < -0.3 is 43.4 Å². The predicted molar refractivity (Wildman–Crippen MR) is 80.2 cm³/mol. The van der Waals surface area contributed by atoms with Crippen LogP contribution >= 0.6 is 0 Å². The highest BCUT2D eigenvalue weighted by molar-refractivity contribution is 7.89. The van der Waals surface area contributed by atoms with Crippen molar-refractivity contribution in [3.05, 3.63) is 0 Å². The van der Waals surface area contributed by atoms with Gasteiger partial charge in [-0.1, -0.05) is 0 Å².